The number of piperidine rings is 1. The highest BCUT2D eigenvalue weighted by Crippen LogP contribution is 2.14. The number of nitrogens with one attached hydrogen (secondary N) is 1. The maximum Gasteiger partial charge on any atom is 0.409 e. The van der Waals surface area contributed by atoms with E-state index < -0.39 is 0 Å². The summed E-state index contributed by atoms with van der Waals surface area (Å²) in [6, 6.07) is 7.13. The number of nitrogens with zero attached hydrogens (tertiary/aromatic N) is 5. The number of carbonyl (C=O) groups is 2. The summed E-state index contributed by atoms with van der Waals surface area (Å²) in [4.78, 5) is 25.8. The van der Waals surface area contributed by atoms with Gasteiger partial charge in [0.15, 0.2) is 0 Å². The molecule has 0 aliphatic carbocycles. The van der Waals surface area contributed by atoms with Gasteiger partial charge in [-0.05, 0) is 48.4 Å². The van der Waals surface area contributed by atoms with Crippen LogP contribution in [0.1, 0.15) is 30.1 Å². The van der Waals surface area contributed by atoms with Crippen LogP contribution in [0.2, 0.25) is 0 Å². The molecular weight excluding hydrogens is 324 g/mol. The zero-order valence-electron chi connectivity index (χ0n) is 14.0. The number of hydrogen-bond acceptors (Lipinski definition) is 6. The van der Waals surface area contributed by atoms with E-state index in [0.717, 1.165) is 5.69 Å². The molecule has 2 amide bonds. The Bertz CT molecular complexity index is 725. The molecule has 1 N–H and O–H groups in total. The van der Waals surface area contributed by atoms with Gasteiger partial charge >= 0.3 is 6.09 Å². The Morgan fingerprint density at radius 1 is 1.32 bits per heavy atom. The molecule has 3 rings (SSSR count). The lowest BCUT2D eigenvalue weighted by Crippen LogP contribution is -2.46. The molecule has 0 radical (unpaired) electrons. The average Bonchev–Trinajstić information content (AvgIpc) is 3.17. The predicted molar refractivity (Wildman–Crippen MR) is 88.2 cm³/mol. The zero-order chi connectivity index (χ0) is 17.6. The quantitative estimate of drug-likeness (QED) is 0.888. The van der Waals surface area contributed by atoms with Gasteiger partial charge in [-0.25, -0.2) is 9.48 Å². The van der Waals surface area contributed by atoms with E-state index in [0.29, 0.717) is 38.1 Å². The molecule has 1 aliphatic heterocycles. The van der Waals surface area contributed by atoms with Crippen molar-refractivity contribution in [1.29, 1.82) is 0 Å². The van der Waals surface area contributed by atoms with Crippen LogP contribution in [0.5, 0.6) is 0 Å². The molecule has 0 saturated carbocycles. The molecule has 1 aromatic heterocycles. The second-order valence-electron chi connectivity index (χ2n) is 5.74. The van der Waals surface area contributed by atoms with Gasteiger partial charge in [-0.15, -0.1) is 5.10 Å². The Hall–Kier alpha value is -2.97. The van der Waals surface area contributed by atoms with Gasteiger partial charge in [0.2, 0.25) is 0 Å². The minimum absolute atomic E-state index is 0.0369. The SMILES string of the molecule is CCOC(=O)N1CCC(NC(=O)c2cccc(-n3cnnn3)c2)CC1. The molecule has 9 nitrogen and oxygen atoms in total. The minimum Gasteiger partial charge on any atom is -0.450 e. The molecule has 0 spiro atoms. The van der Waals surface area contributed by atoms with E-state index in [4.69, 9.17) is 4.74 Å². The fourth-order valence-corrected chi connectivity index (χ4v) is 2.76. The van der Waals surface area contributed by atoms with Gasteiger partial charge in [0.05, 0.1) is 12.3 Å². The van der Waals surface area contributed by atoms with Crippen LogP contribution in [0.25, 0.3) is 5.69 Å². The molecule has 1 aliphatic rings. The van der Waals surface area contributed by atoms with Crippen LogP contribution in [0, 0.1) is 0 Å². The van der Waals surface area contributed by atoms with Gasteiger partial charge < -0.3 is 15.0 Å². The number of likely N-dealkylation sites (tertiary alicyclic amines) is 1. The Morgan fingerprint density at radius 3 is 2.80 bits per heavy atom. The van der Waals surface area contributed by atoms with Gasteiger partial charge in [-0.3, -0.25) is 4.79 Å². The number of rotatable bonds is 4. The Morgan fingerprint density at radius 2 is 2.12 bits per heavy atom. The smallest absolute Gasteiger partial charge is 0.409 e. The zero-order valence-corrected chi connectivity index (χ0v) is 14.0. The van der Waals surface area contributed by atoms with Gasteiger partial charge in [-0.2, -0.15) is 0 Å². The first kappa shape index (κ1) is 16.9. The van der Waals surface area contributed by atoms with Gasteiger partial charge in [0.25, 0.3) is 5.91 Å². The molecule has 2 heterocycles. The van der Waals surface area contributed by atoms with Gasteiger partial charge in [0.1, 0.15) is 6.33 Å². The van der Waals surface area contributed by atoms with E-state index in [1.165, 1.54) is 11.0 Å². The fraction of sp³-hybridized carbons (Fsp3) is 0.438. The lowest BCUT2D eigenvalue weighted by molar-refractivity contribution is 0.0860. The number of benzene rings is 1. The molecule has 1 saturated heterocycles. The highest BCUT2D eigenvalue weighted by molar-refractivity contribution is 5.94. The Balaban J connectivity index is 1.57. The molecule has 1 fully saturated rings. The summed E-state index contributed by atoms with van der Waals surface area (Å²) < 4.78 is 6.49. The predicted octanol–water partition coefficient (Wildman–Crippen LogP) is 1.01. The van der Waals surface area contributed by atoms with E-state index >= 15 is 0 Å². The van der Waals surface area contributed by atoms with Crippen LogP contribution in [-0.2, 0) is 4.74 Å². The normalized spacial score (nSPS) is 15.0. The number of carbonyl (C=O) groups excluding carboxylic acids is 2. The van der Waals surface area contributed by atoms with Crippen molar-refractivity contribution in [2.45, 2.75) is 25.8 Å². The third kappa shape index (κ3) is 4.11. The van der Waals surface area contributed by atoms with Crippen molar-refractivity contribution < 1.29 is 14.3 Å². The first-order chi connectivity index (χ1) is 12.2. The first-order valence-corrected chi connectivity index (χ1v) is 8.23. The maximum absolute atomic E-state index is 12.5. The summed E-state index contributed by atoms with van der Waals surface area (Å²) in [5.41, 5.74) is 1.26. The van der Waals surface area contributed by atoms with Gasteiger partial charge in [-0.1, -0.05) is 6.07 Å². The topological polar surface area (TPSA) is 102 Å². The molecule has 0 unspecified atom stereocenters. The largest absolute Gasteiger partial charge is 0.450 e. The van der Waals surface area contributed by atoms with Crippen molar-refractivity contribution in [2.24, 2.45) is 0 Å². The molecule has 25 heavy (non-hydrogen) atoms. The second-order valence-corrected chi connectivity index (χ2v) is 5.74. The highest BCUT2D eigenvalue weighted by atomic mass is 16.6. The van der Waals surface area contributed by atoms with Crippen molar-refractivity contribution in [1.82, 2.24) is 30.4 Å². The number of aromatic nitrogens is 4. The molecule has 0 bridgehead atoms. The van der Waals surface area contributed by atoms with E-state index in [9.17, 15) is 9.59 Å². The number of hydrogen-bond donors (Lipinski definition) is 1. The summed E-state index contributed by atoms with van der Waals surface area (Å²) in [5.74, 6) is -0.149. The van der Waals surface area contributed by atoms with Crippen LogP contribution in [0.4, 0.5) is 4.79 Å². The summed E-state index contributed by atoms with van der Waals surface area (Å²) in [6.45, 7) is 3.31. The maximum atomic E-state index is 12.5. The van der Waals surface area contributed by atoms with Crippen LogP contribution < -0.4 is 5.32 Å². The summed E-state index contributed by atoms with van der Waals surface area (Å²) >= 11 is 0. The van der Waals surface area contributed by atoms with Crippen molar-refractivity contribution >= 4 is 12.0 Å². The number of amides is 2. The monoisotopic (exact) mass is 344 g/mol. The summed E-state index contributed by atoms with van der Waals surface area (Å²) in [5, 5.41) is 14.0. The van der Waals surface area contributed by atoms with Crippen LogP contribution >= 0.6 is 0 Å². The summed E-state index contributed by atoms with van der Waals surface area (Å²) in [7, 11) is 0. The highest BCUT2D eigenvalue weighted by Gasteiger charge is 2.24. The van der Waals surface area contributed by atoms with Crippen molar-refractivity contribution in [3.05, 3.63) is 36.2 Å². The van der Waals surface area contributed by atoms with Crippen molar-refractivity contribution in [3.63, 3.8) is 0 Å². The Kier molecular flexibility index (Phi) is 5.22. The average molecular weight is 344 g/mol. The molecule has 2 aromatic rings. The lowest BCUT2D eigenvalue weighted by Gasteiger charge is -2.31. The molecular formula is C16H20N6O3. The van der Waals surface area contributed by atoms with E-state index in [-0.39, 0.29) is 18.0 Å². The third-order valence-corrected chi connectivity index (χ3v) is 4.08. The van der Waals surface area contributed by atoms with E-state index in [1.807, 2.05) is 6.07 Å². The van der Waals surface area contributed by atoms with Crippen LogP contribution in [0.15, 0.2) is 30.6 Å². The molecule has 0 atom stereocenters. The third-order valence-electron chi connectivity index (χ3n) is 4.08. The van der Waals surface area contributed by atoms with Crippen molar-refractivity contribution in [2.75, 3.05) is 19.7 Å². The van der Waals surface area contributed by atoms with Gasteiger partial charge in [0, 0.05) is 24.7 Å². The minimum atomic E-state index is -0.290. The van der Waals surface area contributed by atoms with Crippen LogP contribution in [0.3, 0.4) is 0 Å². The standard InChI is InChI=1S/C16H20N6O3/c1-2-25-16(24)21-8-6-13(7-9-21)18-15(23)12-4-3-5-14(10-12)22-11-17-19-20-22/h3-5,10-11,13H,2,6-9H2,1H3,(H,18,23). The second kappa shape index (κ2) is 7.73. The molecule has 1 aromatic carbocycles. The van der Waals surface area contributed by atoms with Crippen LogP contribution in [-0.4, -0.2) is 62.8 Å². The lowest BCUT2D eigenvalue weighted by atomic mass is 10.0. The molecule has 132 valence electrons. The summed E-state index contributed by atoms with van der Waals surface area (Å²) in [6.07, 6.45) is 2.60. The molecule has 9 heteroatoms. The fourth-order valence-electron chi connectivity index (χ4n) is 2.76. The Labute approximate surface area is 144 Å². The number of ether oxygens (including phenoxy) is 1. The number of tetrazole rings is 1. The van der Waals surface area contributed by atoms with E-state index in [2.05, 4.69) is 20.8 Å². The first-order valence-electron chi connectivity index (χ1n) is 8.23. The van der Waals surface area contributed by atoms with Crippen molar-refractivity contribution in [3.8, 4) is 5.69 Å². The van der Waals surface area contributed by atoms with E-state index in [1.54, 1.807) is 30.0 Å².